The van der Waals surface area contributed by atoms with Crippen LogP contribution in [0.4, 0.5) is 0 Å². The predicted molar refractivity (Wildman–Crippen MR) is 94.6 cm³/mol. The highest BCUT2D eigenvalue weighted by atomic mass is 35.5. The zero-order valence-corrected chi connectivity index (χ0v) is 15.4. The number of ether oxygens (including phenoxy) is 1. The predicted octanol–water partition coefficient (Wildman–Crippen LogP) is 2.65. The van der Waals surface area contributed by atoms with Crippen LogP contribution < -0.4 is 10.5 Å². The van der Waals surface area contributed by atoms with E-state index in [2.05, 4.69) is 13.8 Å². The van der Waals surface area contributed by atoms with Gasteiger partial charge in [-0.3, -0.25) is 0 Å². The van der Waals surface area contributed by atoms with Crippen molar-refractivity contribution in [3.8, 4) is 5.75 Å². The highest BCUT2D eigenvalue weighted by molar-refractivity contribution is 7.89. The lowest BCUT2D eigenvalue weighted by Gasteiger charge is -2.29. The Hall–Kier alpha value is -0.820. The Balaban J connectivity index is 0.00000264. The van der Waals surface area contributed by atoms with Gasteiger partial charge in [0.1, 0.15) is 5.75 Å². The molecule has 23 heavy (non-hydrogen) atoms. The van der Waals surface area contributed by atoms with Gasteiger partial charge in [-0.15, -0.1) is 12.4 Å². The third-order valence-electron chi connectivity index (χ3n) is 3.85. The Morgan fingerprint density at radius 2 is 1.96 bits per heavy atom. The maximum absolute atomic E-state index is 12.6. The van der Waals surface area contributed by atoms with E-state index in [1.54, 1.807) is 24.3 Å². The molecule has 0 saturated carbocycles. The molecule has 1 aromatic rings. The molecule has 1 atom stereocenters. The van der Waals surface area contributed by atoms with Crippen molar-refractivity contribution in [1.29, 1.82) is 0 Å². The van der Waals surface area contributed by atoms with Crippen molar-refractivity contribution in [2.75, 3.05) is 19.7 Å². The van der Waals surface area contributed by atoms with Gasteiger partial charge in [0.25, 0.3) is 0 Å². The molecule has 2 N–H and O–H groups in total. The molecule has 1 saturated heterocycles. The smallest absolute Gasteiger partial charge is 0.243 e. The van der Waals surface area contributed by atoms with Gasteiger partial charge < -0.3 is 10.5 Å². The number of benzene rings is 1. The van der Waals surface area contributed by atoms with Crippen LogP contribution in [0.5, 0.6) is 5.75 Å². The highest BCUT2D eigenvalue weighted by Crippen LogP contribution is 2.22. The zero-order valence-electron chi connectivity index (χ0n) is 13.8. The minimum absolute atomic E-state index is 0. The van der Waals surface area contributed by atoms with Crippen LogP contribution in [0.3, 0.4) is 0 Å². The number of piperidine rings is 1. The molecule has 1 aliphatic rings. The van der Waals surface area contributed by atoms with Crippen LogP contribution in [-0.2, 0) is 10.0 Å². The highest BCUT2D eigenvalue weighted by Gasteiger charge is 2.28. The van der Waals surface area contributed by atoms with E-state index in [-0.39, 0.29) is 18.4 Å². The van der Waals surface area contributed by atoms with E-state index in [1.165, 1.54) is 4.31 Å². The standard InChI is InChI=1S/C16H26N2O3S.ClH/c1-13(2)9-11-21-15-5-7-16(8-6-15)22(19,20)18-10-3-4-14(17)12-18;/h5-8,13-14H,3-4,9-12,17H2,1-2H3;1H. The average Bonchev–Trinajstić information content (AvgIpc) is 2.47. The van der Waals surface area contributed by atoms with Gasteiger partial charge in [-0.25, -0.2) is 8.42 Å². The van der Waals surface area contributed by atoms with Crippen LogP contribution in [0, 0.1) is 5.92 Å². The lowest BCUT2D eigenvalue weighted by atomic mass is 10.1. The SMILES string of the molecule is CC(C)CCOc1ccc(S(=O)(=O)N2CCCC(N)C2)cc1.Cl. The van der Waals surface area contributed by atoms with E-state index in [1.807, 2.05) is 0 Å². The van der Waals surface area contributed by atoms with Gasteiger partial charge >= 0.3 is 0 Å². The molecule has 2 rings (SSSR count). The van der Waals surface area contributed by atoms with Gasteiger partial charge in [0, 0.05) is 19.1 Å². The van der Waals surface area contributed by atoms with Crippen molar-refractivity contribution in [2.24, 2.45) is 11.7 Å². The fourth-order valence-corrected chi connectivity index (χ4v) is 4.00. The van der Waals surface area contributed by atoms with Crippen LogP contribution >= 0.6 is 12.4 Å². The molecule has 0 spiro atoms. The maximum Gasteiger partial charge on any atom is 0.243 e. The second kappa shape index (κ2) is 8.87. The molecule has 132 valence electrons. The number of hydrogen-bond donors (Lipinski definition) is 1. The van der Waals surface area contributed by atoms with Gasteiger partial charge in [-0.2, -0.15) is 4.31 Å². The Morgan fingerprint density at radius 1 is 1.30 bits per heavy atom. The van der Waals surface area contributed by atoms with E-state index < -0.39 is 10.0 Å². The number of nitrogens with two attached hydrogens (primary N) is 1. The van der Waals surface area contributed by atoms with Crippen molar-refractivity contribution in [1.82, 2.24) is 4.31 Å². The van der Waals surface area contributed by atoms with Gasteiger partial charge in [-0.1, -0.05) is 13.8 Å². The molecule has 0 aliphatic carbocycles. The molecule has 1 aliphatic heterocycles. The Bertz CT molecular complexity index is 575. The summed E-state index contributed by atoms with van der Waals surface area (Å²) in [5.41, 5.74) is 5.88. The van der Waals surface area contributed by atoms with Crippen LogP contribution in [0.25, 0.3) is 0 Å². The van der Waals surface area contributed by atoms with Crippen molar-refractivity contribution >= 4 is 22.4 Å². The van der Waals surface area contributed by atoms with Crippen LogP contribution in [0.1, 0.15) is 33.1 Å². The molecule has 5 nitrogen and oxygen atoms in total. The van der Waals surface area contributed by atoms with Crippen molar-refractivity contribution < 1.29 is 13.2 Å². The molecule has 1 unspecified atom stereocenters. The van der Waals surface area contributed by atoms with Gasteiger partial charge in [0.2, 0.25) is 10.0 Å². The Labute approximate surface area is 145 Å². The summed E-state index contributed by atoms with van der Waals surface area (Å²) in [6.45, 7) is 5.87. The molecule has 0 aromatic heterocycles. The molecule has 1 fully saturated rings. The fraction of sp³-hybridized carbons (Fsp3) is 0.625. The number of hydrogen-bond acceptors (Lipinski definition) is 4. The van der Waals surface area contributed by atoms with Crippen LogP contribution in [0.15, 0.2) is 29.2 Å². The first-order chi connectivity index (χ1) is 10.4. The number of nitrogens with zero attached hydrogens (tertiary/aromatic N) is 1. The van der Waals surface area contributed by atoms with Gasteiger partial charge in [-0.05, 0) is 49.4 Å². The molecule has 7 heteroatoms. The van der Waals surface area contributed by atoms with E-state index in [0.717, 1.165) is 19.3 Å². The molecule has 0 bridgehead atoms. The van der Waals surface area contributed by atoms with E-state index >= 15 is 0 Å². The molecule has 0 amide bonds. The molecule has 0 radical (unpaired) electrons. The number of halogens is 1. The quantitative estimate of drug-likeness (QED) is 0.844. The summed E-state index contributed by atoms with van der Waals surface area (Å²) in [4.78, 5) is 0.304. The first-order valence-corrected chi connectivity index (χ1v) is 9.32. The second-order valence-electron chi connectivity index (χ2n) is 6.27. The van der Waals surface area contributed by atoms with Crippen molar-refractivity contribution in [2.45, 2.75) is 44.0 Å². The number of rotatable bonds is 6. The lowest BCUT2D eigenvalue weighted by molar-refractivity contribution is 0.289. The normalized spacial score (nSPS) is 19.4. The minimum atomic E-state index is -3.45. The third-order valence-corrected chi connectivity index (χ3v) is 5.73. The van der Waals surface area contributed by atoms with E-state index in [4.69, 9.17) is 10.5 Å². The molecular weight excluding hydrogens is 336 g/mol. The van der Waals surface area contributed by atoms with Crippen LogP contribution in [0.2, 0.25) is 0 Å². The first kappa shape index (κ1) is 20.2. The fourth-order valence-electron chi connectivity index (χ4n) is 2.46. The topological polar surface area (TPSA) is 72.6 Å². The Morgan fingerprint density at radius 3 is 2.52 bits per heavy atom. The number of sulfonamides is 1. The summed E-state index contributed by atoms with van der Waals surface area (Å²) in [5.74, 6) is 1.29. The van der Waals surface area contributed by atoms with Gasteiger partial charge in [0.15, 0.2) is 0 Å². The summed E-state index contributed by atoms with van der Waals surface area (Å²) < 4.78 is 32.3. The minimum Gasteiger partial charge on any atom is -0.494 e. The average molecular weight is 363 g/mol. The van der Waals surface area contributed by atoms with E-state index in [0.29, 0.717) is 36.3 Å². The largest absolute Gasteiger partial charge is 0.494 e. The lowest BCUT2D eigenvalue weighted by Crippen LogP contribution is -2.45. The summed E-state index contributed by atoms with van der Waals surface area (Å²) in [6, 6.07) is 6.59. The Kier molecular flexibility index (Phi) is 7.80. The second-order valence-corrected chi connectivity index (χ2v) is 8.21. The third kappa shape index (κ3) is 5.64. The van der Waals surface area contributed by atoms with Gasteiger partial charge in [0.05, 0.1) is 11.5 Å². The van der Waals surface area contributed by atoms with Crippen molar-refractivity contribution in [3.05, 3.63) is 24.3 Å². The summed E-state index contributed by atoms with van der Waals surface area (Å²) in [6.07, 6.45) is 2.68. The summed E-state index contributed by atoms with van der Waals surface area (Å²) in [7, 11) is -3.45. The van der Waals surface area contributed by atoms with Crippen LogP contribution in [-0.4, -0.2) is 38.5 Å². The van der Waals surface area contributed by atoms with Crippen molar-refractivity contribution in [3.63, 3.8) is 0 Å². The monoisotopic (exact) mass is 362 g/mol. The summed E-state index contributed by atoms with van der Waals surface area (Å²) >= 11 is 0. The molecule has 1 aromatic carbocycles. The maximum atomic E-state index is 12.6. The van der Waals surface area contributed by atoms with E-state index in [9.17, 15) is 8.42 Å². The zero-order chi connectivity index (χ0) is 16.2. The first-order valence-electron chi connectivity index (χ1n) is 7.88. The molecular formula is C16H27ClN2O3S. The molecule has 1 heterocycles. The summed E-state index contributed by atoms with van der Waals surface area (Å²) in [5, 5.41) is 0.